The van der Waals surface area contributed by atoms with E-state index in [2.05, 4.69) is 12.2 Å². The fourth-order valence-electron chi connectivity index (χ4n) is 2.84. The SMILES string of the molecule is C[C@H]1CCN(C(=O)CNc2ccc(F)c(C(N)=O)c2)c2ccccc2S1. The van der Waals surface area contributed by atoms with E-state index in [9.17, 15) is 14.0 Å². The minimum Gasteiger partial charge on any atom is -0.376 e. The van der Waals surface area contributed by atoms with Crippen molar-refractivity contribution >= 4 is 35.0 Å². The van der Waals surface area contributed by atoms with Gasteiger partial charge in [0.15, 0.2) is 0 Å². The van der Waals surface area contributed by atoms with Gasteiger partial charge in [-0.25, -0.2) is 4.39 Å². The van der Waals surface area contributed by atoms with Crippen molar-refractivity contribution in [2.24, 2.45) is 5.73 Å². The third-order valence-corrected chi connectivity index (χ3v) is 5.46. The summed E-state index contributed by atoms with van der Waals surface area (Å²) in [5, 5.41) is 3.38. The first-order valence-corrected chi connectivity index (χ1v) is 9.23. The molecule has 0 aliphatic carbocycles. The van der Waals surface area contributed by atoms with E-state index in [0.29, 0.717) is 17.5 Å². The first-order chi connectivity index (χ1) is 12.5. The molecule has 0 saturated carbocycles. The predicted molar refractivity (Wildman–Crippen MR) is 102 cm³/mol. The average Bonchev–Trinajstić information content (AvgIpc) is 2.78. The molecule has 0 aromatic heterocycles. The van der Waals surface area contributed by atoms with E-state index in [0.717, 1.165) is 23.1 Å². The van der Waals surface area contributed by atoms with Gasteiger partial charge >= 0.3 is 0 Å². The maximum atomic E-state index is 13.6. The van der Waals surface area contributed by atoms with Crippen LogP contribution in [-0.2, 0) is 4.79 Å². The van der Waals surface area contributed by atoms with Crippen molar-refractivity contribution < 1.29 is 14.0 Å². The molecule has 136 valence electrons. The number of amides is 2. The Morgan fingerprint density at radius 3 is 2.85 bits per heavy atom. The van der Waals surface area contributed by atoms with Gasteiger partial charge in [-0.05, 0) is 36.8 Å². The van der Waals surface area contributed by atoms with E-state index >= 15 is 0 Å². The second kappa shape index (κ2) is 7.78. The summed E-state index contributed by atoms with van der Waals surface area (Å²) < 4.78 is 13.6. The molecular weight excluding hydrogens is 353 g/mol. The molecule has 3 rings (SSSR count). The van der Waals surface area contributed by atoms with Crippen molar-refractivity contribution in [3.05, 3.63) is 53.8 Å². The summed E-state index contributed by atoms with van der Waals surface area (Å²) in [4.78, 5) is 26.9. The minimum absolute atomic E-state index is 0.0389. The van der Waals surface area contributed by atoms with Crippen LogP contribution in [-0.4, -0.2) is 30.2 Å². The summed E-state index contributed by atoms with van der Waals surface area (Å²) >= 11 is 1.77. The first-order valence-electron chi connectivity index (χ1n) is 8.35. The second-order valence-corrected chi connectivity index (χ2v) is 7.62. The van der Waals surface area contributed by atoms with Gasteiger partial charge in [0.25, 0.3) is 5.91 Å². The lowest BCUT2D eigenvalue weighted by Crippen LogP contribution is -2.36. The Balaban J connectivity index is 1.74. The Kier molecular flexibility index (Phi) is 5.46. The second-order valence-electron chi connectivity index (χ2n) is 6.14. The number of primary amides is 1. The molecule has 0 saturated heterocycles. The van der Waals surface area contributed by atoms with Gasteiger partial charge in [-0.1, -0.05) is 19.1 Å². The molecule has 0 radical (unpaired) electrons. The van der Waals surface area contributed by atoms with Crippen LogP contribution in [0.4, 0.5) is 15.8 Å². The molecule has 1 aliphatic rings. The lowest BCUT2D eigenvalue weighted by Gasteiger charge is -2.23. The van der Waals surface area contributed by atoms with Gasteiger partial charge in [-0.15, -0.1) is 11.8 Å². The van der Waals surface area contributed by atoms with E-state index in [1.807, 2.05) is 24.3 Å². The maximum Gasteiger partial charge on any atom is 0.251 e. The highest BCUT2D eigenvalue weighted by Gasteiger charge is 2.23. The minimum atomic E-state index is -0.843. The van der Waals surface area contributed by atoms with Gasteiger partial charge in [0, 0.05) is 22.4 Å². The smallest absolute Gasteiger partial charge is 0.251 e. The van der Waals surface area contributed by atoms with Crippen LogP contribution in [0.2, 0.25) is 0 Å². The normalized spacial score (nSPS) is 16.5. The molecule has 0 bridgehead atoms. The highest BCUT2D eigenvalue weighted by atomic mass is 32.2. The van der Waals surface area contributed by atoms with Crippen LogP contribution in [0, 0.1) is 5.82 Å². The third kappa shape index (κ3) is 3.99. The standard InChI is InChI=1S/C19H20FN3O2S/c1-12-8-9-23(16-4-2-3-5-17(16)26-12)18(24)11-22-13-6-7-15(20)14(10-13)19(21)25/h2-7,10,12,22H,8-9,11H2,1H3,(H2,21,25)/t12-/m0/s1. The molecule has 3 N–H and O–H groups in total. The van der Waals surface area contributed by atoms with Gasteiger partial charge in [0.1, 0.15) is 5.82 Å². The summed E-state index contributed by atoms with van der Waals surface area (Å²) in [5.74, 6) is -1.61. The predicted octanol–water partition coefficient (Wildman–Crippen LogP) is 3.25. The van der Waals surface area contributed by atoms with E-state index in [-0.39, 0.29) is 18.0 Å². The molecule has 7 heteroatoms. The number of para-hydroxylation sites is 1. The zero-order valence-electron chi connectivity index (χ0n) is 14.4. The summed E-state index contributed by atoms with van der Waals surface area (Å²) in [6.45, 7) is 2.83. The lowest BCUT2D eigenvalue weighted by molar-refractivity contribution is -0.117. The van der Waals surface area contributed by atoms with Crippen molar-refractivity contribution in [2.45, 2.75) is 23.5 Å². The van der Waals surface area contributed by atoms with E-state index < -0.39 is 11.7 Å². The molecule has 0 unspecified atom stereocenters. The maximum absolute atomic E-state index is 13.6. The van der Waals surface area contributed by atoms with Crippen LogP contribution >= 0.6 is 11.8 Å². The monoisotopic (exact) mass is 373 g/mol. The molecule has 0 fully saturated rings. The molecule has 5 nitrogen and oxygen atoms in total. The van der Waals surface area contributed by atoms with Crippen molar-refractivity contribution in [1.29, 1.82) is 0 Å². The zero-order chi connectivity index (χ0) is 18.7. The Morgan fingerprint density at radius 1 is 1.31 bits per heavy atom. The number of nitrogens with one attached hydrogen (secondary N) is 1. The number of carbonyl (C=O) groups excluding carboxylic acids is 2. The number of hydrogen-bond donors (Lipinski definition) is 2. The quantitative estimate of drug-likeness (QED) is 0.863. The van der Waals surface area contributed by atoms with Gasteiger partial charge in [0.05, 0.1) is 17.8 Å². The van der Waals surface area contributed by atoms with Crippen LogP contribution in [0.3, 0.4) is 0 Å². The number of benzene rings is 2. The summed E-state index contributed by atoms with van der Waals surface area (Å²) in [6, 6.07) is 11.8. The number of rotatable bonds is 4. The highest BCUT2D eigenvalue weighted by molar-refractivity contribution is 8.00. The number of fused-ring (bicyclic) bond motifs is 1. The summed E-state index contributed by atoms with van der Waals surface area (Å²) in [7, 11) is 0. The molecule has 1 atom stereocenters. The number of nitrogens with two attached hydrogens (primary N) is 1. The van der Waals surface area contributed by atoms with E-state index in [1.165, 1.54) is 12.1 Å². The molecule has 2 amide bonds. The zero-order valence-corrected chi connectivity index (χ0v) is 15.2. The first kappa shape index (κ1) is 18.3. The Bertz CT molecular complexity index is 843. The van der Waals surface area contributed by atoms with Crippen LogP contribution in [0.1, 0.15) is 23.7 Å². The topological polar surface area (TPSA) is 75.4 Å². The molecule has 1 heterocycles. The molecule has 26 heavy (non-hydrogen) atoms. The molecular formula is C19H20FN3O2S. The van der Waals surface area contributed by atoms with Gasteiger partial charge in [0.2, 0.25) is 5.91 Å². The number of halogens is 1. The van der Waals surface area contributed by atoms with Crippen LogP contribution in [0.5, 0.6) is 0 Å². The van der Waals surface area contributed by atoms with Crippen molar-refractivity contribution in [2.75, 3.05) is 23.3 Å². The fourth-order valence-corrected chi connectivity index (χ4v) is 3.96. The third-order valence-electron chi connectivity index (χ3n) is 4.22. The number of nitrogens with zero attached hydrogens (tertiary/aromatic N) is 1. The number of anilines is 2. The largest absolute Gasteiger partial charge is 0.376 e. The number of hydrogen-bond acceptors (Lipinski definition) is 4. The van der Waals surface area contributed by atoms with E-state index in [1.54, 1.807) is 16.7 Å². The number of thioether (sulfide) groups is 1. The Hall–Kier alpha value is -2.54. The molecule has 0 spiro atoms. The summed E-state index contributed by atoms with van der Waals surface area (Å²) in [5.41, 5.74) is 6.33. The molecule has 2 aromatic rings. The molecule has 1 aliphatic heterocycles. The summed E-state index contributed by atoms with van der Waals surface area (Å²) in [6.07, 6.45) is 0.896. The van der Waals surface area contributed by atoms with Crippen LogP contribution < -0.4 is 16.0 Å². The highest BCUT2D eigenvalue weighted by Crippen LogP contribution is 2.37. The fraction of sp³-hybridized carbons (Fsp3) is 0.263. The van der Waals surface area contributed by atoms with Crippen LogP contribution in [0.25, 0.3) is 0 Å². The van der Waals surface area contributed by atoms with Crippen molar-refractivity contribution in [3.8, 4) is 0 Å². The van der Waals surface area contributed by atoms with Gasteiger partial charge < -0.3 is 16.0 Å². The van der Waals surface area contributed by atoms with Gasteiger partial charge in [-0.2, -0.15) is 0 Å². The molecule has 2 aromatic carbocycles. The Labute approximate surface area is 155 Å². The van der Waals surface area contributed by atoms with Crippen molar-refractivity contribution in [1.82, 2.24) is 0 Å². The van der Waals surface area contributed by atoms with Gasteiger partial charge in [-0.3, -0.25) is 9.59 Å². The van der Waals surface area contributed by atoms with E-state index in [4.69, 9.17) is 5.73 Å². The van der Waals surface area contributed by atoms with Crippen LogP contribution in [0.15, 0.2) is 47.4 Å². The Morgan fingerprint density at radius 2 is 2.08 bits per heavy atom. The lowest BCUT2D eigenvalue weighted by atomic mass is 10.1. The number of carbonyl (C=O) groups is 2. The average molecular weight is 373 g/mol. The van der Waals surface area contributed by atoms with Crippen molar-refractivity contribution in [3.63, 3.8) is 0 Å².